The number of ether oxygens (including phenoxy) is 3. The van der Waals surface area contributed by atoms with Gasteiger partial charge in [-0.3, -0.25) is 0 Å². The fraction of sp³-hybridized carbons (Fsp3) is 0.304. The van der Waals surface area contributed by atoms with Crippen LogP contribution in [0, 0.1) is 0 Å². The Labute approximate surface area is 175 Å². The van der Waals surface area contributed by atoms with Gasteiger partial charge in [-0.15, -0.1) is 11.3 Å². The maximum Gasteiger partial charge on any atom is 0.126 e. The van der Waals surface area contributed by atoms with Gasteiger partial charge in [0.05, 0.1) is 25.7 Å². The number of hydrogen-bond acceptors (Lipinski definition) is 5. The lowest BCUT2D eigenvalue weighted by Gasteiger charge is -2.21. The first-order chi connectivity index (χ1) is 14.2. The van der Waals surface area contributed by atoms with Gasteiger partial charge in [-0.1, -0.05) is 30.3 Å². The maximum absolute atomic E-state index is 10.4. The van der Waals surface area contributed by atoms with Gasteiger partial charge < -0.3 is 24.6 Å². The average Bonchev–Trinajstić information content (AvgIpc) is 3.28. The molecule has 0 saturated carbocycles. The molecule has 3 N–H and O–H groups in total. The van der Waals surface area contributed by atoms with E-state index in [0.29, 0.717) is 6.54 Å². The Morgan fingerprint density at radius 3 is 1.97 bits per heavy atom. The Hall–Kier alpha value is -2.38. The molecule has 0 aliphatic heterocycles. The third kappa shape index (κ3) is 6.30. The number of rotatable bonds is 11. The molecular weight excluding hydrogens is 386 g/mol. The average molecular weight is 415 g/mol. The van der Waals surface area contributed by atoms with Crippen molar-refractivity contribution in [2.75, 3.05) is 27.4 Å². The molecule has 3 aromatic rings. The highest BCUT2D eigenvalue weighted by molar-refractivity contribution is 7.09. The molecule has 6 heteroatoms. The van der Waals surface area contributed by atoms with Crippen LogP contribution in [0.3, 0.4) is 0 Å². The van der Waals surface area contributed by atoms with Crippen LogP contribution >= 0.6 is 11.3 Å². The van der Waals surface area contributed by atoms with Crippen molar-refractivity contribution in [1.82, 2.24) is 0 Å². The van der Waals surface area contributed by atoms with Gasteiger partial charge >= 0.3 is 0 Å². The van der Waals surface area contributed by atoms with Crippen LogP contribution in [0.25, 0.3) is 0 Å². The second-order valence-corrected chi connectivity index (χ2v) is 7.75. The van der Waals surface area contributed by atoms with E-state index in [-0.39, 0.29) is 12.7 Å². The van der Waals surface area contributed by atoms with Crippen molar-refractivity contribution in [2.24, 2.45) is 0 Å². The largest absolute Gasteiger partial charge is 0.497 e. The molecule has 0 unspecified atom stereocenters. The summed E-state index contributed by atoms with van der Waals surface area (Å²) in [5.74, 6) is 1.59. The molecule has 0 radical (unpaired) electrons. The Kier molecular flexibility index (Phi) is 8.07. The zero-order valence-corrected chi connectivity index (χ0v) is 17.6. The van der Waals surface area contributed by atoms with E-state index in [2.05, 4.69) is 16.8 Å². The van der Waals surface area contributed by atoms with Crippen LogP contribution in [0.15, 0.2) is 66.0 Å². The predicted octanol–water partition coefficient (Wildman–Crippen LogP) is 3.00. The topological polar surface area (TPSA) is 64.5 Å². The normalized spacial score (nSPS) is 12.1. The second kappa shape index (κ2) is 11.0. The molecule has 154 valence electrons. The van der Waals surface area contributed by atoms with Gasteiger partial charge in [0.15, 0.2) is 0 Å². The Balaban J connectivity index is 1.63. The third-order valence-electron chi connectivity index (χ3n) is 4.66. The zero-order valence-electron chi connectivity index (χ0n) is 16.8. The van der Waals surface area contributed by atoms with Crippen molar-refractivity contribution >= 4 is 11.3 Å². The lowest BCUT2D eigenvalue weighted by atomic mass is 10.0. The van der Waals surface area contributed by atoms with Crippen LogP contribution < -0.4 is 14.8 Å². The highest BCUT2D eigenvalue weighted by Gasteiger charge is 2.18. The summed E-state index contributed by atoms with van der Waals surface area (Å²) in [6, 6.07) is 19.8. The summed E-state index contributed by atoms with van der Waals surface area (Å²) in [7, 11) is 3.30. The van der Waals surface area contributed by atoms with Gasteiger partial charge in [-0.25, -0.2) is 0 Å². The summed E-state index contributed by atoms with van der Waals surface area (Å²) < 4.78 is 16.7. The van der Waals surface area contributed by atoms with Gasteiger partial charge in [-0.05, 0) is 46.8 Å². The number of quaternary nitrogens is 1. The van der Waals surface area contributed by atoms with Gasteiger partial charge in [0.25, 0.3) is 0 Å². The first-order valence-electron chi connectivity index (χ1n) is 9.61. The van der Waals surface area contributed by atoms with E-state index in [1.54, 1.807) is 25.6 Å². The molecule has 0 aliphatic carbocycles. The monoisotopic (exact) mass is 414 g/mol. The van der Waals surface area contributed by atoms with Crippen LogP contribution in [0.5, 0.6) is 11.5 Å². The summed E-state index contributed by atoms with van der Waals surface area (Å²) in [6.45, 7) is 1.72. The van der Waals surface area contributed by atoms with Crippen LogP contribution in [-0.2, 0) is 11.3 Å². The number of hydrogen-bond donors (Lipinski definition) is 2. The fourth-order valence-electron chi connectivity index (χ4n) is 3.06. The molecule has 0 aliphatic rings. The second-order valence-electron chi connectivity index (χ2n) is 6.72. The van der Waals surface area contributed by atoms with E-state index >= 15 is 0 Å². The highest BCUT2D eigenvalue weighted by atomic mass is 32.1. The number of benzene rings is 2. The number of nitrogens with two attached hydrogens (primary N) is 1. The minimum Gasteiger partial charge on any atom is -0.497 e. The molecule has 1 heterocycles. The lowest BCUT2D eigenvalue weighted by molar-refractivity contribution is -0.676. The van der Waals surface area contributed by atoms with Crippen LogP contribution in [0.4, 0.5) is 0 Å². The van der Waals surface area contributed by atoms with Crippen molar-refractivity contribution in [3.05, 3.63) is 82.0 Å². The van der Waals surface area contributed by atoms with E-state index in [9.17, 15) is 5.11 Å². The number of aliphatic hydroxyl groups excluding tert-OH is 1. The van der Waals surface area contributed by atoms with Crippen LogP contribution in [-0.4, -0.2) is 38.6 Å². The lowest BCUT2D eigenvalue weighted by Crippen LogP contribution is -2.85. The summed E-state index contributed by atoms with van der Waals surface area (Å²) in [6.07, 6.45) is -0.826. The van der Waals surface area contributed by atoms with E-state index in [4.69, 9.17) is 14.2 Å². The molecule has 1 atom stereocenters. The van der Waals surface area contributed by atoms with E-state index in [1.165, 1.54) is 4.88 Å². The Morgan fingerprint density at radius 2 is 1.48 bits per heavy atom. The van der Waals surface area contributed by atoms with Gasteiger partial charge in [0.1, 0.15) is 36.8 Å². The molecule has 0 fully saturated rings. The summed E-state index contributed by atoms with van der Waals surface area (Å²) in [5, 5.41) is 14.6. The van der Waals surface area contributed by atoms with Gasteiger partial charge in [0.2, 0.25) is 0 Å². The minimum absolute atomic E-state index is 0.254. The molecule has 3 rings (SSSR count). The number of methoxy groups -OCH3 is 2. The molecular formula is C23H28NO4S+. The minimum atomic E-state index is -0.547. The van der Waals surface area contributed by atoms with E-state index < -0.39 is 6.10 Å². The van der Waals surface area contributed by atoms with Crippen molar-refractivity contribution < 1.29 is 24.6 Å². The first kappa shape index (κ1) is 21.3. The third-order valence-corrected chi connectivity index (χ3v) is 5.56. The van der Waals surface area contributed by atoms with Crippen molar-refractivity contribution in [3.8, 4) is 11.5 Å². The SMILES string of the molecule is COc1ccc(C(OC[C@@H](O)C[NH2+]Cc2cccs2)c2ccc(OC)cc2)cc1. The molecule has 0 saturated heterocycles. The quantitative estimate of drug-likeness (QED) is 0.506. The summed E-state index contributed by atoms with van der Waals surface area (Å²) in [5.41, 5.74) is 2.01. The summed E-state index contributed by atoms with van der Waals surface area (Å²) >= 11 is 1.73. The van der Waals surface area contributed by atoms with E-state index in [0.717, 1.165) is 29.2 Å². The van der Waals surface area contributed by atoms with Crippen LogP contribution in [0.1, 0.15) is 22.1 Å². The zero-order chi connectivity index (χ0) is 20.5. The standard InChI is InChI=1S/C23H27NO4S/c1-26-20-9-5-17(6-10-20)23(18-7-11-21(27-2)12-8-18)28-16-19(25)14-24-15-22-4-3-13-29-22/h3-13,19,23-25H,14-16H2,1-2H3/p+1/t19-/m0/s1. The number of aliphatic hydroxyl groups is 1. The van der Waals surface area contributed by atoms with Crippen molar-refractivity contribution in [2.45, 2.75) is 18.8 Å². The van der Waals surface area contributed by atoms with Crippen molar-refractivity contribution in [1.29, 1.82) is 0 Å². The Morgan fingerprint density at radius 1 is 0.897 bits per heavy atom. The smallest absolute Gasteiger partial charge is 0.126 e. The highest BCUT2D eigenvalue weighted by Crippen LogP contribution is 2.29. The molecule has 0 amide bonds. The molecule has 0 spiro atoms. The predicted molar refractivity (Wildman–Crippen MR) is 115 cm³/mol. The molecule has 5 nitrogen and oxygen atoms in total. The number of thiophene rings is 1. The Bertz CT molecular complexity index is 787. The molecule has 0 bridgehead atoms. The van der Waals surface area contributed by atoms with Gasteiger partial charge in [-0.2, -0.15) is 0 Å². The molecule has 29 heavy (non-hydrogen) atoms. The van der Waals surface area contributed by atoms with Gasteiger partial charge in [0, 0.05) is 0 Å². The van der Waals surface area contributed by atoms with Crippen LogP contribution in [0.2, 0.25) is 0 Å². The van der Waals surface area contributed by atoms with E-state index in [1.807, 2.05) is 54.6 Å². The fourth-order valence-corrected chi connectivity index (χ4v) is 3.77. The molecule has 2 aromatic carbocycles. The van der Waals surface area contributed by atoms with Crippen molar-refractivity contribution in [3.63, 3.8) is 0 Å². The summed E-state index contributed by atoms with van der Waals surface area (Å²) in [4.78, 5) is 1.30. The molecule has 1 aromatic heterocycles. The maximum atomic E-state index is 10.4. The first-order valence-corrected chi connectivity index (χ1v) is 10.5.